The molecule has 0 spiro atoms. The van der Waals surface area contributed by atoms with Crippen molar-refractivity contribution in [1.82, 2.24) is 19.1 Å². The summed E-state index contributed by atoms with van der Waals surface area (Å²) in [4.78, 5) is 17.5. The van der Waals surface area contributed by atoms with E-state index in [1.807, 2.05) is 22.9 Å². The number of rotatable bonds is 8. The molecule has 0 saturated heterocycles. The van der Waals surface area contributed by atoms with Crippen LogP contribution in [0.1, 0.15) is 42.5 Å². The molecule has 1 aromatic carbocycles. The first kappa shape index (κ1) is 21.1. The average molecular weight is 512 g/mol. The Labute approximate surface area is 197 Å². The minimum Gasteiger partial charge on any atom is -0.508 e. The number of amides is 1. The number of unbranched alkanes of at least 4 members (excludes halogenated alkanes) is 1. The van der Waals surface area contributed by atoms with E-state index >= 15 is 0 Å². The summed E-state index contributed by atoms with van der Waals surface area (Å²) in [6, 6.07) is 8.89. The summed E-state index contributed by atoms with van der Waals surface area (Å²) in [7, 11) is 0. The van der Waals surface area contributed by atoms with Crippen LogP contribution < -0.4 is 5.32 Å². The van der Waals surface area contributed by atoms with Crippen molar-refractivity contribution in [2.45, 2.75) is 38.6 Å². The van der Waals surface area contributed by atoms with Gasteiger partial charge in [0.15, 0.2) is 11.5 Å². The Kier molecular flexibility index (Phi) is 5.93. The molecule has 3 aromatic heterocycles. The minimum atomic E-state index is -0.238. The van der Waals surface area contributed by atoms with Gasteiger partial charge in [0, 0.05) is 22.0 Å². The van der Waals surface area contributed by atoms with Gasteiger partial charge in [-0.3, -0.25) is 4.79 Å². The van der Waals surface area contributed by atoms with Crippen molar-refractivity contribution in [3.8, 4) is 17.0 Å². The molecule has 3 heterocycles. The van der Waals surface area contributed by atoms with Crippen molar-refractivity contribution in [3.63, 3.8) is 0 Å². The maximum Gasteiger partial charge on any atom is 0.259 e. The fourth-order valence-corrected chi connectivity index (χ4v) is 4.80. The predicted molar refractivity (Wildman–Crippen MR) is 129 cm³/mol. The number of benzene rings is 1. The number of nitrogens with one attached hydrogen (secondary N) is 1. The second kappa shape index (κ2) is 8.99. The van der Waals surface area contributed by atoms with Crippen LogP contribution >= 0.6 is 27.5 Å². The summed E-state index contributed by atoms with van der Waals surface area (Å²) in [6.45, 7) is 0.739. The van der Waals surface area contributed by atoms with Crippen LogP contribution in [0.25, 0.3) is 22.3 Å². The fraction of sp³-hybridized carbons (Fsp3) is 0.304. The molecule has 1 fully saturated rings. The van der Waals surface area contributed by atoms with Gasteiger partial charge in [0.2, 0.25) is 0 Å². The van der Waals surface area contributed by atoms with Crippen molar-refractivity contribution < 1.29 is 9.90 Å². The lowest BCUT2D eigenvalue weighted by Gasteiger charge is -2.07. The molecule has 1 aliphatic carbocycles. The first-order valence-electron chi connectivity index (χ1n) is 10.7. The van der Waals surface area contributed by atoms with Gasteiger partial charge in [0.1, 0.15) is 5.75 Å². The molecule has 0 bridgehead atoms. The Morgan fingerprint density at radius 1 is 1.25 bits per heavy atom. The zero-order valence-electron chi connectivity index (χ0n) is 17.3. The van der Waals surface area contributed by atoms with Crippen LogP contribution in [-0.2, 0) is 6.54 Å². The van der Waals surface area contributed by atoms with Gasteiger partial charge in [-0.2, -0.15) is 5.10 Å². The lowest BCUT2D eigenvalue weighted by Crippen LogP contribution is -2.12. The number of halogens is 1. The van der Waals surface area contributed by atoms with E-state index in [2.05, 4.69) is 25.6 Å². The number of anilines is 1. The number of aromatic hydroxyl groups is 1. The van der Waals surface area contributed by atoms with Crippen LogP contribution in [0, 0.1) is 5.92 Å². The molecule has 2 N–H and O–H groups in total. The molecule has 0 aliphatic heterocycles. The first-order valence-corrected chi connectivity index (χ1v) is 12.3. The van der Waals surface area contributed by atoms with E-state index in [-0.39, 0.29) is 11.7 Å². The molecule has 9 heteroatoms. The van der Waals surface area contributed by atoms with Gasteiger partial charge in [0.25, 0.3) is 5.91 Å². The van der Waals surface area contributed by atoms with Crippen LogP contribution in [0.3, 0.4) is 0 Å². The van der Waals surface area contributed by atoms with Gasteiger partial charge < -0.3 is 10.4 Å². The molecular formula is C23H22BrN5O2S. The maximum atomic E-state index is 12.6. The molecule has 164 valence electrons. The van der Waals surface area contributed by atoms with E-state index < -0.39 is 0 Å². The van der Waals surface area contributed by atoms with E-state index in [1.165, 1.54) is 30.8 Å². The summed E-state index contributed by atoms with van der Waals surface area (Å²) in [6.07, 6.45) is 7.73. The number of hydrogen-bond donors (Lipinski definition) is 2. The SMILES string of the molecule is O=C(Nc1nn(CCCCC2CC2)c2nc(-c3ccc(O)cc3)c(Br)cc12)c1cnsc1. The molecule has 32 heavy (non-hydrogen) atoms. The zero-order chi connectivity index (χ0) is 22.1. The smallest absolute Gasteiger partial charge is 0.259 e. The number of carbonyl (C=O) groups excluding carboxylic acids is 1. The number of phenolic OH excluding ortho intramolecular Hbond substituents is 1. The monoisotopic (exact) mass is 511 g/mol. The first-order chi connectivity index (χ1) is 15.6. The van der Waals surface area contributed by atoms with Crippen molar-refractivity contribution in [3.05, 3.63) is 51.9 Å². The Bertz CT molecular complexity index is 1250. The molecule has 0 atom stereocenters. The third-order valence-corrected chi connectivity index (χ3v) is 6.86. The van der Waals surface area contributed by atoms with Crippen LogP contribution in [-0.4, -0.2) is 30.2 Å². The average Bonchev–Trinajstić information content (AvgIpc) is 3.33. The quantitative estimate of drug-likeness (QED) is 0.289. The zero-order valence-corrected chi connectivity index (χ0v) is 19.7. The molecule has 1 aliphatic rings. The number of phenols is 1. The Morgan fingerprint density at radius 3 is 2.78 bits per heavy atom. The van der Waals surface area contributed by atoms with E-state index in [1.54, 1.807) is 23.7 Å². The number of fused-ring (bicyclic) bond motifs is 1. The Morgan fingerprint density at radius 2 is 2.06 bits per heavy atom. The van der Waals surface area contributed by atoms with Crippen LogP contribution in [0.2, 0.25) is 0 Å². The summed E-state index contributed by atoms with van der Waals surface area (Å²) in [5.74, 6) is 1.37. The molecule has 5 rings (SSSR count). The summed E-state index contributed by atoms with van der Waals surface area (Å²) in [5.41, 5.74) is 2.88. The highest BCUT2D eigenvalue weighted by Gasteiger charge is 2.21. The summed E-state index contributed by atoms with van der Waals surface area (Å²) in [5, 5.41) is 19.7. The second-order valence-corrected chi connectivity index (χ2v) is 9.63. The highest BCUT2D eigenvalue weighted by molar-refractivity contribution is 9.10. The highest BCUT2D eigenvalue weighted by Crippen LogP contribution is 2.35. The van der Waals surface area contributed by atoms with E-state index in [0.717, 1.165) is 52.1 Å². The van der Waals surface area contributed by atoms with Gasteiger partial charge in [-0.05, 0) is 70.1 Å². The molecule has 0 radical (unpaired) electrons. The van der Waals surface area contributed by atoms with Gasteiger partial charge in [0.05, 0.1) is 22.8 Å². The third-order valence-electron chi connectivity index (χ3n) is 5.67. The van der Waals surface area contributed by atoms with Crippen LogP contribution in [0.4, 0.5) is 5.82 Å². The maximum absolute atomic E-state index is 12.6. The standard InChI is InChI=1S/C23H22BrN5O2S/c24-19-11-18-21(27-23(31)16-12-25-32-13-16)28-29(10-2-1-3-14-4-5-14)22(18)26-20(19)15-6-8-17(30)9-7-15/h6-9,11-14,30H,1-5,10H2,(H,27,28,31). The van der Waals surface area contributed by atoms with Crippen molar-refractivity contribution >= 4 is 50.2 Å². The van der Waals surface area contributed by atoms with E-state index in [9.17, 15) is 9.90 Å². The van der Waals surface area contributed by atoms with Crippen LogP contribution in [0.15, 0.2) is 46.4 Å². The summed E-state index contributed by atoms with van der Waals surface area (Å²) < 4.78 is 6.68. The highest BCUT2D eigenvalue weighted by atomic mass is 79.9. The molecule has 1 amide bonds. The lowest BCUT2D eigenvalue weighted by molar-refractivity contribution is 0.102. The predicted octanol–water partition coefficient (Wildman–Crippen LogP) is 5.86. The topological polar surface area (TPSA) is 92.9 Å². The number of pyridine rings is 1. The van der Waals surface area contributed by atoms with E-state index in [4.69, 9.17) is 10.1 Å². The molecule has 1 saturated carbocycles. The minimum absolute atomic E-state index is 0.208. The number of carbonyl (C=O) groups is 1. The molecule has 0 unspecified atom stereocenters. The van der Waals surface area contributed by atoms with E-state index in [0.29, 0.717) is 11.4 Å². The van der Waals surface area contributed by atoms with Crippen LogP contribution in [0.5, 0.6) is 5.75 Å². The molecule has 7 nitrogen and oxygen atoms in total. The lowest BCUT2D eigenvalue weighted by atomic mass is 10.1. The van der Waals surface area contributed by atoms with Crippen molar-refractivity contribution in [2.75, 3.05) is 5.32 Å². The van der Waals surface area contributed by atoms with Crippen molar-refractivity contribution in [2.24, 2.45) is 5.92 Å². The third kappa shape index (κ3) is 4.54. The Hall–Kier alpha value is -2.78. The number of aryl methyl sites for hydroxylation is 1. The summed E-state index contributed by atoms with van der Waals surface area (Å²) >= 11 is 4.86. The molecular weight excluding hydrogens is 490 g/mol. The van der Waals surface area contributed by atoms with Gasteiger partial charge in [-0.15, -0.1) is 0 Å². The normalized spacial score (nSPS) is 13.5. The second-order valence-electron chi connectivity index (χ2n) is 8.11. The van der Waals surface area contributed by atoms with Crippen molar-refractivity contribution in [1.29, 1.82) is 0 Å². The van der Waals surface area contributed by atoms with Gasteiger partial charge in [-0.1, -0.05) is 25.7 Å². The number of hydrogen-bond acceptors (Lipinski definition) is 6. The van der Waals surface area contributed by atoms with Gasteiger partial charge >= 0.3 is 0 Å². The van der Waals surface area contributed by atoms with Gasteiger partial charge in [-0.25, -0.2) is 14.0 Å². The Balaban J connectivity index is 1.49. The molecule has 4 aromatic rings. The fourth-order valence-electron chi connectivity index (χ4n) is 3.74. The number of aromatic nitrogens is 4. The number of nitrogens with zero attached hydrogens (tertiary/aromatic N) is 4. The largest absolute Gasteiger partial charge is 0.508 e.